The van der Waals surface area contributed by atoms with Crippen molar-refractivity contribution < 1.29 is 0 Å². The van der Waals surface area contributed by atoms with Crippen LogP contribution in [0.15, 0.2) is 4.99 Å². The second-order valence-electron chi connectivity index (χ2n) is 2.08. The summed E-state index contributed by atoms with van der Waals surface area (Å²) in [5.74, 6) is 0.227. The van der Waals surface area contributed by atoms with Crippen LogP contribution >= 0.6 is 17.0 Å². The Balaban J connectivity index is 0.00000121. The van der Waals surface area contributed by atoms with Crippen LogP contribution in [-0.4, -0.2) is 37.4 Å². The van der Waals surface area contributed by atoms with E-state index in [4.69, 9.17) is 5.41 Å². The van der Waals surface area contributed by atoms with Crippen molar-refractivity contribution >= 4 is 29.3 Å². The van der Waals surface area contributed by atoms with Crippen LogP contribution in [-0.2, 0) is 0 Å². The van der Waals surface area contributed by atoms with Crippen molar-refractivity contribution in [3.63, 3.8) is 0 Å². The normalized spacial score (nSPS) is 13.9. The Kier molecular flexibility index (Phi) is 5.39. The molecule has 1 rings (SSSR count). The molecule has 0 radical (unpaired) electrons. The van der Waals surface area contributed by atoms with Crippen LogP contribution in [0, 0.1) is 5.41 Å². The molecule has 0 aromatic heterocycles. The Morgan fingerprint density at radius 3 is 2.92 bits per heavy atom. The largest absolute Gasteiger partial charge is 0.359 e. The van der Waals surface area contributed by atoms with Crippen molar-refractivity contribution in [1.29, 1.82) is 5.41 Å². The summed E-state index contributed by atoms with van der Waals surface area (Å²) in [6, 6.07) is 0. The molecule has 0 unspecified atom stereocenters. The Labute approximate surface area is 81.6 Å². The van der Waals surface area contributed by atoms with E-state index in [1.165, 1.54) is 0 Å². The van der Waals surface area contributed by atoms with E-state index < -0.39 is 0 Å². The van der Waals surface area contributed by atoms with E-state index in [-0.39, 0.29) is 22.9 Å². The summed E-state index contributed by atoms with van der Waals surface area (Å²) in [5.41, 5.74) is 5.41. The predicted molar refractivity (Wildman–Crippen MR) is 53.4 cm³/mol. The lowest BCUT2D eigenvalue weighted by Crippen LogP contribution is -2.51. The number of aliphatic imine (C=N–C) groups is 1. The van der Waals surface area contributed by atoms with Gasteiger partial charge in [-0.1, -0.05) is 0 Å². The van der Waals surface area contributed by atoms with Crippen LogP contribution in [0.4, 0.5) is 0 Å². The fraction of sp³-hybridized carbons (Fsp3) is 0.600. The van der Waals surface area contributed by atoms with Crippen LogP contribution in [0.1, 0.15) is 0 Å². The number of guanidine groups is 1. The molecule has 0 saturated heterocycles. The Hall–Kier alpha value is -0.820. The fourth-order valence-corrected chi connectivity index (χ4v) is 0.654. The molecule has 0 saturated carbocycles. The van der Waals surface area contributed by atoms with Gasteiger partial charge in [-0.05, 0) is 0 Å². The smallest absolute Gasteiger partial charge is 0.204 e. The minimum absolute atomic E-state index is 0. The van der Waals surface area contributed by atoms with Crippen molar-refractivity contribution in [3.05, 3.63) is 0 Å². The van der Waals surface area contributed by atoms with E-state index in [0.29, 0.717) is 0 Å². The van der Waals surface area contributed by atoms with Gasteiger partial charge in [0, 0.05) is 7.05 Å². The van der Waals surface area contributed by atoms with Crippen LogP contribution in [0.2, 0.25) is 0 Å². The van der Waals surface area contributed by atoms with Gasteiger partial charge in [0.1, 0.15) is 6.34 Å². The highest BCUT2D eigenvalue weighted by atomic mass is 79.9. The monoisotopic (exact) mass is 236 g/mol. The first-order valence-corrected chi connectivity index (χ1v) is 3.37. The van der Waals surface area contributed by atoms with Crippen LogP contribution < -0.4 is 16.3 Å². The predicted octanol–water partition coefficient (Wildman–Crippen LogP) is -0.928. The Morgan fingerprint density at radius 1 is 1.67 bits per heavy atom. The topological polar surface area (TPSA) is 75.5 Å². The van der Waals surface area contributed by atoms with Crippen molar-refractivity contribution in [2.45, 2.75) is 0 Å². The van der Waals surface area contributed by atoms with Gasteiger partial charge in [-0.2, -0.15) is 0 Å². The second kappa shape index (κ2) is 5.78. The summed E-state index contributed by atoms with van der Waals surface area (Å²) in [6.45, 7) is 1.64. The lowest BCUT2D eigenvalue weighted by atomic mass is 10.7. The van der Waals surface area contributed by atoms with Gasteiger partial charge in [0.2, 0.25) is 5.96 Å². The molecule has 0 aromatic rings. The van der Waals surface area contributed by atoms with Gasteiger partial charge in [-0.3, -0.25) is 20.8 Å². The molecule has 1 aliphatic heterocycles. The SMILES string of the molecule is Br.CNC(=N)NNN1C=NCC1. The highest BCUT2D eigenvalue weighted by Gasteiger charge is 2.02. The molecule has 6 nitrogen and oxygen atoms in total. The summed E-state index contributed by atoms with van der Waals surface area (Å²) in [5, 5.41) is 11.5. The zero-order chi connectivity index (χ0) is 8.10. The van der Waals surface area contributed by atoms with Gasteiger partial charge in [-0.15, -0.1) is 22.5 Å². The first-order valence-electron chi connectivity index (χ1n) is 3.37. The average molecular weight is 237 g/mol. The molecule has 4 N–H and O–H groups in total. The molecule has 0 aromatic carbocycles. The quantitative estimate of drug-likeness (QED) is 0.284. The maximum atomic E-state index is 7.15. The molecule has 0 bridgehead atoms. The van der Waals surface area contributed by atoms with Crippen LogP contribution in [0.3, 0.4) is 0 Å². The molecule has 12 heavy (non-hydrogen) atoms. The lowest BCUT2D eigenvalue weighted by molar-refractivity contribution is 0.316. The molecule has 0 spiro atoms. The number of halogens is 1. The summed E-state index contributed by atoms with van der Waals surface area (Å²) in [4.78, 5) is 3.98. The third-order valence-electron chi connectivity index (χ3n) is 1.27. The van der Waals surface area contributed by atoms with E-state index in [9.17, 15) is 0 Å². The molecule has 0 aliphatic carbocycles. The minimum atomic E-state index is 0. The van der Waals surface area contributed by atoms with Gasteiger partial charge < -0.3 is 5.32 Å². The number of nitrogens with zero attached hydrogens (tertiary/aromatic N) is 2. The summed E-state index contributed by atoms with van der Waals surface area (Å²) < 4.78 is 0. The summed E-state index contributed by atoms with van der Waals surface area (Å²) >= 11 is 0. The summed E-state index contributed by atoms with van der Waals surface area (Å²) in [6.07, 6.45) is 1.69. The summed E-state index contributed by atoms with van der Waals surface area (Å²) in [7, 11) is 1.68. The fourth-order valence-electron chi connectivity index (χ4n) is 0.654. The van der Waals surface area contributed by atoms with E-state index in [0.717, 1.165) is 13.1 Å². The highest BCUT2D eigenvalue weighted by Crippen LogP contribution is 1.84. The molecule has 0 atom stereocenters. The molecule has 70 valence electrons. The van der Waals surface area contributed by atoms with E-state index in [1.54, 1.807) is 18.4 Å². The minimum Gasteiger partial charge on any atom is -0.359 e. The second-order valence-corrected chi connectivity index (χ2v) is 2.08. The van der Waals surface area contributed by atoms with Gasteiger partial charge in [0.25, 0.3) is 0 Å². The van der Waals surface area contributed by atoms with E-state index in [1.807, 2.05) is 0 Å². The van der Waals surface area contributed by atoms with Crippen LogP contribution in [0.5, 0.6) is 0 Å². The molecule has 0 fully saturated rings. The van der Waals surface area contributed by atoms with Crippen molar-refractivity contribution in [3.8, 4) is 0 Å². The standard InChI is InChI=1S/C5H12N6.BrH/c1-7-5(6)9-10-11-3-2-8-4-11;/h4,10H,2-3H2,1H3,(H3,6,7,9);1H. The number of hydrogen-bond donors (Lipinski definition) is 4. The zero-order valence-electron chi connectivity index (χ0n) is 6.79. The first kappa shape index (κ1) is 11.2. The van der Waals surface area contributed by atoms with Gasteiger partial charge in [-0.25, -0.2) is 0 Å². The van der Waals surface area contributed by atoms with E-state index >= 15 is 0 Å². The molecule has 1 heterocycles. The Morgan fingerprint density at radius 2 is 2.42 bits per heavy atom. The molecular weight excluding hydrogens is 224 g/mol. The van der Waals surface area contributed by atoms with Crippen molar-refractivity contribution in [2.75, 3.05) is 20.1 Å². The van der Waals surface area contributed by atoms with Crippen molar-refractivity contribution in [1.82, 2.24) is 21.3 Å². The zero-order valence-corrected chi connectivity index (χ0v) is 8.51. The number of rotatable bonds is 2. The average Bonchev–Trinajstić information content (AvgIpc) is 2.52. The maximum absolute atomic E-state index is 7.15. The lowest BCUT2D eigenvalue weighted by Gasteiger charge is -2.16. The third kappa shape index (κ3) is 3.54. The molecule has 0 amide bonds. The number of hydrazine groups is 2. The van der Waals surface area contributed by atoms with Gasteiger partial charge >= 0.3 is 0 Å². The Bertz CT molecular complexity index is 169. The number of hydrogen-bond acceptors (Lipinski definition) is 4. The van der Waals surface area contributed by atoms with E-state index in [2.05, 4.69) is 21.3 Å². The van der Waals surface area contributed by atoms with Crippen molar-refractivity contribution in [2.24, 2.45) is 4.99 Å². The highest BCUT2D eigenvalue weighted by molar-refractivity contribution is 8.93. The maximum Gasteiger partial charge on any atom is 0.204 e. The molecular formula is C5H13BrN6. The molecule has 7 heteroatoms. The van der Waals surface area contributed by atoms with Gasteiger partial charge in [0.05, 0.1) is 13.1 Å². The third-order valence-corrected chi connectivity index (χ3v) is 1.27. The molecule has 1 aliphatic rings. The van der Waals surface area contributed by atoms with Crippen LogP contribution in [0.25, 0.3) is 0 Å². The number of nitrogens with one attached hydrogen (secondary N) is 4. The van der Waals surface area contributed by atoms with Gasteiger partial charge in [0.15, 0.2) is 0 Å². The first-order chi connectivity index (χ1) is 5.33.